The van der Waals surface area contributed by atoms with Crippen LogP contribution in [0.3, 0.4) is 0 Å². The molecular formula is C15H19F2N. The first kappa shape index (κ1) is 12.1. The minimum atomic E-state index is -0.761. The molecule has 0 aromatic heterocycles. The molecule has 0 aliphatic heterocycles. The van der Waals surface area contributed by atoms with Gasteiger partial charge in [-0.2, -0.15) is 0 Å². The molecule has 1 nitrogen and oxygen atoms in total. The highest BCUT2D eigenvalue weighted by Crippen LogP contribution is 2.59. The number of nitrogens with one attached hydrogen (secondary N) is 1. The topological polar surface area (TPSA) is 12.0 Å². The van der Waals surface area contributed by atoms with Gasteiger partial charge in [-0.05, 0) is 61.8 Å². The Morgan fingerprint density at radius 3 is 2.56 bits per heavy atom. The van der Waals surface area contributed by atoms with E-state index in [4.69, 9.17) is 0 Å². The largest absolute Gasteiger partial charge is 0.316 e. The molecule has 2 aliphatic rings. The van der Waals surface area contributed by atoms with Gasteiger partial charge in [0.1, 0.15) is 0 Å². The Kier molecular flexibility index (Phi) is 3.10. The van der Waals surface area contributed by atoms with Crippen LogP contribution in [0.2, 0.25) is 0 Å². The minimum absolute atomic E-state index is 0.408. The maximum absolute atomic E-state index is 13.2. The van der Waals surface area contributed by atoms with Crippen LogP contribution in [0.5, 0.6) is 0 Å². The molecule has 0 radical (unpaired) electrons. The molecule has 18 heavy (non-hydrogen) atoms. The molecule has 98 valence electrons. The molecule has 2 fully saturated rings. The highest BCUT2D eigenvalue weighted by molar-refractivity contribution is 5.20. The second kappa shape index (κ2) is 4.61. The first-order chi connectivity index (χ1) is 8.70. The van der Waals surface area contributed by atoms with E-state index >= 15 is 0 Å². The summed E-state index contributed by atoms with van der Waals surface area (Å²) in [5.41, 5.74) is 0.887. The molecule has 0 bridgehead atoms. The van der Waals surface area contributed by atoms with Crippen LogP contribution in [0.25, 0.3) is 0 Å². The number of likely N-dealkylation sites (N-methyl/N-ethyl adjacent to an activating group) is 1. The summed E-state index contributed by atoms with van der Waals surface area (Å²) in [6, 6.07) is 4.66. The number of halogens is 2. The van der Waals surface area contributed by atoms with Gasteiger partial charge in [-0.25, -0.2) is 8.78 Å². The molecule has 3 rings (SSSR count). The van der Waals surface area contributed by atoms with E-state index in [9.17, 15) is 8.78 Å². The Balaban J connectivity index is 1.68. The second-order valence-corrected chi connectivity index (χ2v) is 5.68. The fraction of sp³-hybridized carbons (Fsp3) is 0.600. The number of hydrogen-bond acceptors (Lipinski definition) is 1. The van der Waals surface area contributed by atoms with Crippen molar-refractivity contribution in [3.8, 4) is 0 Å². The first-order valence-electron chi connectivity index (χ1n) is 6.82. The third kappa shape index (κ3) is 2.05. The lowest BCUT2D eigenvalue weighted by atomic mass is 9.97. The first-order valence-corrected chi connectivity index (χ1v) is 6.82. The van der Waals surface area contributed by atoms with Gasteiger partial charge >= 0.3 is 0 Å². The van der Waals surface area contributed by atoms with E-state index in [1.807, 2.05) is 7.05 Å². The molecule has 1 N–H and O–H groups in total. The average Bonchev–Trinajstić information content (AvgIpc) is 2.83. The fourth-order valence-electron chi connectivity index (χ4n) is 3.82. The second-order valence-electron chi connectivity index (χ2n) is 5.68. The molecule has 1 aromatic carbocycles. The van der Waals surface area contributed by atoms with Gasteiger partial charge in [-0.3, -0.25) is 0 Å². The summed E-state index contributed by atoms with van der Waals surface area (Å²) in [5, 5.41) is 3.36. The predicted octanol–water partition coefficient (Wildman–Crippen LogP) is 3.14. The summed E-state index contributed by atoms with van der Waals surface area (Å²) in [4.78, 5) is 0. The Labute approximate surface area is 107 Å². The van der Waals surface area contributed by atoms with Crippen molar-refractivity contribution in [3.05, 3.63) is 35.4 Å². The van der Waals surface area contributed by atoms with Gasteiger partial charge < -0.3 is 5.32 Å². The Hall–Kier alpha value is -0.960. The van der Waals surface area contributed by atoms with Gasteiger partial charge in [0.15, 0.2) is 11.6 Å². The normalized spacial score (nSPS) is 31.2. The maximum atomic E-state index is 13.2. The lowest BCUT2D eigenvalue weighted by Gasteiger charge is -2.18. The van der Waals surface area contributed by atoms with E-state index in [1.165, 1.54) is 31.4 Å². The minimum Gasteiger partial charge on any atom is -0.316 e. The summed E-state index contributed by atoms with van der Waals surface area (Å²) in [5.74, 6) is 1.01. The van der Waals surface area contributed by atoms with Crippen LogP contribution in [0.15, 0.2) is 18.2 Å². The quantitative estimate of drug-likeness (QED) is 0.867. The zero-order chi connectivity index (χ0) is 12.7. The Morgan fingerprint density at radius 1 is 1.22 bits per heavy atom. The highest BCUT2D eigenvalue weighted by Gasteiger charge is 2.55. The molecule has 0 amide bonds. The van der Waals surface area contributed by atoms with E-state index < -0.39 is 11.6 Å². The third-order valence-electron chi connectivity index (χ3n) is 4.75. The highest BCUT2D eigenvalue weighted by atomic mass is 19.2. The van der Waals surface area contributed by atoms with E-state index in [-0.39, 0.29) is 0 Å². The van der Waals surface area contributed by atoms with Crippen LogP contribution < -0.4 is 5.32 Å². The van der Waals surface area contributed by atoms with Crippen LogP contribution in [0.1, 0.15) is 24.8 Å². The molecule has 0 heterocycles. The van der Waals surface area contributed by atoms with Gasteiger partial charge in [0, 0.05) is 6.04 Å². The van der Waals surface area contributed by atoms with Crippen LogP contribution in [0, 0.1) is 29.4 Å². The van der Waals surface area contributed by atoms with Gasteiger partial charge in [0.2, 0.25) is 0 Å². The Bertz CT molecular complexity index is 436. The number of rotatable bonds is 4. The van der Waals surface area contributed by atoms with Crippen molar-refractivity contribution in [1.29, 1.82) is 0 Å². The van der Waals surface area contributed by atoms with Crippen molar-refractivity contribution in [2.24, 2.45) is 17.8 Å². The summed E-state index contributed by atoms with van der Waals surface area (Å²) >= 11 is 0. The van der Waals surface area contributed by atoms with E-state index in [0.717, 1.165) is 29.7 Å². The molecule has 1 aromatic rings. The molecule has 3 unspecified atom stereocenters. The summed E-state index contributed by atoms with van der Waals surface area (Å²) in [6.07, 6.45) is 4.87. The lowest BCUT2D eigenvalue weighted by molar-refractivity contribution is 0.426. The van der Waals surface area contributed by atoms with Crippen molar-refractivity contribution < 1.29 is 8.78 Å². The molecule has 2 aliphatic carbocycles. The number of fused-ring (bicyclic) bond motifs is 1. The summed E-state index contributed by atoms with van der Waals surface area (Å²) < 4.78 is 26.1. The van der Waals surface area contributed by atoms with Crippen molar-refractivity contribution in [2.75, 3.05) is 7.05 Å². The smallest absolute Gasteiger partial charge is 0.159 e. The number of benzene rings is 1. The number of hydrogen-bond donors (Lipinski definition) is 1. The molecular weight excluding hydrogens is 232 g/mol. The van der Waals surface area contributed by atoms with Gasteiger partial charge in [0.05, 0.1) is 0 Å². The van der Waals surface area contributed by atoms with Crippen LogP contribution >= 0.6 is 0 Å². The zero-order valence-corrected chi connectivity index (χ0v) is 10.6. The van der Waals surface area contributed by atoms with Gasteiger partial charge in [-0.1, -0.05) is 12.5 Å². The summed E-state index contributed by atoms with van der Waals surface area (Å²) in [7, 11) is 1.97. The predicted molar refractivity (Wildman–Crippen MR) is 67.2 cm³/mol. The van der Waals surface area contributed by atoms with Crippen molar-refractivity contribution in [2.45, 2.75) is 31.7 Å². The van der Waals surface area contributed by atoms with E-state index in [1.54, 1.807) is 6.07 Å². The molecule has 0 saturated heterocycles. The van der Waals surface area contributed by atoms with E-state index in [2.05, 4.69) is 5.32 Å². The molecule has 0 spiro atoms. The molecule has 3 heteroatoms. The average molecular weight is 251 g/mol. The fourth-order valence-corrected chi connectivity index (χ4v) is 3.82. The van der Waals surface area contributed by atoms with Crippen molar-refractivity contribution in [1.82, 2.24) is 5.32 Å². The monoisotopic (exact) mass is 251 g/mol. The zero-order valence-electron chi connectivity index (χ0n) is 10.6. The van der Waals surface area contributed by atoms with Gasteiger partial charge in [-0.15, -0.1) is 0 Å². The molecule has 3 atom stereocenters. The van der Waals surface area contributed by atoms with Gasteiger partial charge in [0.25, 0.3) is 0 Å². The molecule has 2 saturated carbocycles. The van der Waals surface area contributed by atoms with Crippen molar-refractivity contribution in [3.63, 3.8) is 0 Å². The summed E-state index contributed by atoms with van der Waals surface area (Å²) in [6.45, 7) is 0. The van der Waals surface area contributed by atoms with Crippen molar-refractivity contribution >= 4 is 0 Å². The van der Waals surface area contributed by atoms with Crippen LogP contribution in [-0.4, -0.2) is 13.1 Å². The SMILES string of the molecule is CNC(Cc1ccc(F)c(F)c1)C1C2CCCC21. The third-order valence-corrected chi connectivity index (χ3v) is 4.75. The standard InChI is InChI=1S/C15H19F2N/c1-18-14(15-10-3-2-4-11(10)15)8-9-5-6-12(16)13(17)7-9/h5-7,10-11,14-15,18H,2-4,8H2,1H3. The lowest BCUT2D eigenvalue weighted by Crippen LogP contribution is -2.31. The van der Waals surface area contributed by atoms with E-state index in [0.29, 0.717) is 6.04 Å². The Morgan fingerprint density at radius 2 is 1.94 bits per heavy atom. The van der Waals surface area contributed by atoms with Crippen LogP contribution in [-0.2, 0) is 6.42 Å². The van der Waals surface area contributed by atoms with Crippen LogP contribution in [0.4, 0.5) is 8.78 Å². The maximum Gasteiger partial charge on any atom is 0.159 e.